The number of rotatable bonds is 6. The molecule has 1 aromatic carbocycles. The standard InChI is InChI=1S/C17H23N3O3S/c1-23-15-5-3-2-4-14(15)19-7-6-13(9-19)8-18-16(21)10-20-12-24-11-17(20)22/h2-5,13H,6-12H2,1H3,(H,18,21)/t13-/m0/s1. The summed E-state index contributed by atoms with van der Waals surface area (Å²) < 4.78 is 5.42. The van der Waals surface area contributed by atoms with E-state index in [0.29, 0.717) is 24.1 Å². The number of carbonyl (C=O) groups excluding carboxylic acids is 2. The minimum absolute atomic E-state index is 0.0540. The summed E-state index contributed by atoms with van der Waals surface area (Å²) in [5.41, 5.74) is 1.11. The maximum absolute atomic E-state index is 12.0. The molecule has 2 amide bonds. The maximum Gasteiger partial charge on any atom is 0.239 e. The summed E-state index contributed by atoms with van der Waals surface area (Å²) in [4.78, 5) is 27.5. The van der Waals surface area contributed by atoms with Crippen molar-refractivity contribution in [3.63, 3.8) is 0 Å². The van der Waals surface area contributed by atoms with E-state index in [1.54, 1.807) is 23.8 Å². The second-order valence-electron chi connectivity index (χ2n) is 6.15. The topological polar surface area (TPSA) is 61.9 Å². The lowest BCUT2D eigenvalue weighted by atomic mass is 10.1. The van der Waals surface area contributed by atoms with Gasteiger partial charge in [-0.05, 0) is 24.5 Å². The van der Waals surface area contributed by atoms with Crippen molar-refractivity contribution in [1.82, 2.24) is 10.2 Å². The fourth-order valence-corrected chi connectivity index (χ4v) is 4.04. The van der Waals surface area contributed by atoms with Crippen molar-refractivity contribution in [3.05, 3.63) is 24.3 Å². The van der Waals surface area contributed by atoms with E-state index in [0.717, 1.165) is 30.9 Å². The van der Waals surface area contributed by atoms with Crippen LogP contribution in [0.2, 0.25) is 0 Å². The third-order valence-corrected chi connectivity index (χ3v) is 5.40. The zero-order valence-corrected chi connectivity index (χ0v) is 14.7. The van der Waals surface area contributed by atoms with Crippen LogP contribution in [0.5, 0.6) is 5.75 Å². The fraction of sp³-hybridized carbons (Fsp3) is 0.529. The number of benzene rings is 1. The molecule has 0 radical (unpaired) electrons. The molecule has 2 aliphatic rings. The smallest absolute Gasteiger partial charge is 0.239 e. The molecule has 0 aliphatic carbocycles. The molecule has 0 saturated carbocycles. The molecule has 24 heavy (non-hydrogen) atoms. The van der Waals surface area contributed by atoms with Crippen molar-refractivity contribution < 1.29 is 14.3 Å². The molecular weight excluding hydrogens is 326 g/mol. The third-order valence-electron chi connectivity index (χ3n) is 4.46. The van der Waals surface area contributed by atoms with Crippen LogP contribution in [0.1, 0.15) is 6.42 Å². The Morgan fingerprint density at radius 1 is 1.42 bits per heavy atom. The molecule has 0 bridgehead atoms. The van der Waals surface area contributed by atoms with Gasteiger partial charge in [-0.15, -0.1) is 11.8 Å². The molecule has 1 atom stereocenters. The number of carbonyl (C=O) groups is 2. The van der Waals surface area contributed by atoms with Crippen LogP contribution in [-0.2, 0) is 9.59 Å². The number of anilines is 1. The SMILES string of the molecule is COc1ccccc1N1CC[C@@H](CNC(=O)CN2CSCC2=O)C1. The Bertz CT molecular complexity index is 610. The van der Waals surface area contributed by atoms with E-state index in [4.69, 9.17) is 4.74 Å². The van der Waals surface area contributed by atoms with Gasteiger partial charge >= 0.3 is 0 Å². The van der Waals surface area contributed by atoms with Crippen molar-refractivity contribution in [3.8, 4) is 5.75 Å². The van der Waals surface area contributed by atoms with Gasteiger partial charge in [0.25, 0.3) is 0 Å². The van der Waals surface area contributed by atoms with Crippen LogP contribution in [-0.4, -0.2) is 61.6 Å². The third kappa shape index (κ3) is 3.95. The highest BCUT2D eigenvalue weighted by Gasteiger charge is 2.26. The maximum atomic E-state index is 12.0. The first kappa shape index (κ1) is 17.0. The molecule has 1 aromatic rings. The summed E-state index contributed by atoms with van der Waals surface area (Å²) >= 11 is 1.55. The van der Waals surface area contributed by atoms with E-state index in [2.05, 4.69) is 16.3 Å². The molecule has 0 spiro atoms. The first-order valence-corrected chi connectivity index (χ1v) is 9.33. The van der Waals surface area contributed by atoms with Crippen molar-refractivity contribution in [2.45, 2.75) is 6.42 Å². The largest absolute Gasteiger partial charge is 0.495 e. The number of amides is 2. The number of ether oxygens (including phenoxy) is 1. The van der Waals surface area contributed by atoms with E-state index in [9.17, 15) is 9.59 Å². The summed E-state index contributed by atoms with van der Waals surface area (Å²) in [7, 11) is 1.69. The van der Waals surface area contributed by atoms with Gasteiger partial charge in [-0.2, -0.15) is 0 Å². The second kappa shape index (κ2) is 7.79. The summed E-state index contributed by atoms with van der Waals surface area (Å²) in [5, 5.41) is 2.97. The Balaban J connectivity index is 1.46. The lowest BCUT2D eigenvalue weighted by Gasteiger charge is -2.21. The van der Waals surface area contributed by atoms with Gasteiger partial charge < -0.3 is 19.9 Å². The zero-order chi connectivity index (χ0) is 16.9. The van der Waals surface area contributed by atoms with Crippen LogP contribution >= 0.6 is 11.8 Å². The number of para-hydroxylation sites is 2. The molecule has 6 nitrogen and oxygen atoms in total. The molecule has 2 saturated heterocycles. The first-order chi connectivity index (χ1) is 11.7. The van der Waals surface area contributed by atoms with Gasteiger partial charge in [-0.3, -0.25) is 9.59 Å². The Morgan fingerprint density at radius 2 is 2.25 bits per heavy atom. The van der Waals surface area contributed by atoms with E-state index < -0.39 is 0 Å². The first-order valence-electron chi connectivity index (χ1n) is 8.17. The highest BCUT2D eigenvalue weighted by Crippen LogP contribution is 2.31. The van der Waals surface area contributed by atoms with Crippen LogP contribution < -0.4 is 15.0 Å². The van der Waals surface area contributed by atoms with Crippen molar-refractivity contribution in [1.29, 1.82) is 0 Å². The second-order valence-corrected chi connectivity index (χ2v) is 7.10. The van der Waals surface area contributed by atoms with E-state index in [1.807, 2.05) is 18.2 Å². The molecule has 2 heterocycles. The summed E-state index contributed by atoms with van der Waals surface area (Å²) in [5.74, 6) is 2.40. The number of nitrogens with one attached hydrogen (secondary N) is 1. The van der Waals surface area contributed by atoms with Gasteiger partial charge in [0.05, 0.1) is 24.4 Å². The Kier molecular flexibility index (Phi) is 5.50. The molecule has 1 N–H and O–H groups in total. The summed E-state index contributed by atoms with van der Waals surface area (Å²) in [6.07, 6.45) is 1.04. The minimum Gasteiger partial charge on any atom is -0.495 e. The molecule has 0 aromatic heterocycles. The molecule has 7 heteroatoms. The van der Waals surface area contributed by atoms with E-state index in [1.165, 1.54) is 0 Å². The highest BCUT2D eigenvalue weighted by molar-refractivity contribution is 8.00. The van der Waals surface area contributed by atoms with Crippen LogP contribution in [0.4, 0.5) is 5.69 Å². The van der Waals surface area contributed by atoms with E-state index in [-0.39, 0.29) is 18.4 Å². The molecule has 2 aliphatic heterocycles. The number of methoxy groups -OCH3 is 1. The van der Waals surface area contributed by atoms with E-state index >= 15 is 0 Å². The van der Waals surface area contributed by atoms with Crippen molar-refractivity contribution in [2.24, 2.45) is 5.92 Å². The molecule has 130 valence electrons. The quantitative estimate of drug-likeness (QED) is 0.835. The van der Waals surface area contributed by atoms with Crippen LogP contribution in [0.25, 0.3) is 0 Å². The lowest BCUT2D eigenvalue weighted by Crippen LogP contribution is -2.40. The van der Waals surface area contributed by atoms with Crippen molar-refractivity contribution >= 4 is 29.3 Å². The molecule has 2 fully saturated rings. The molecular formula is C17H23N3O3S. The zero-order valence-electron chi connectivity index (χ0n) is 13.9. The van der Waals surface area contributed by atoms with Crippen LogP contribution in [0.15, 0.2) is 24.3 Å². The highest BCUT2D eigenvalue weighted by atomic mass is 32.2. The minimum atomic E-state index is -0.0680. The number of hydrogen-bond acceptors (Lipinski definition) is 5. The predicted molar refractivity (Wildman–Crippen MR) is 95.4 cm³/mol. The molecule has 0 unspecified atom stereocenters. The van der Waals surface area contributed by atoms with Gasteiger partial charge in [-0.25, -0.2) is 0 Å². The lowest BCUT2D eigenvalue weighted by molar-refractivity contribution is -0.132. The monoisotopic (exact) mass is 349 g/mol. The summed E-state index contributed by atoms with van der Waals surface area (Å²) in [6, 6.07) is 8.01. The van der Waals surface area contributed by atoms with Crippen LogP contribution in [0.3, 0.4) is 0 Å². The van der Waals surface area contributed by atoms with Crippen LogP contribution in [0, 0.1) is 5.92 Å². The fourth-order valence-electron chi connectivity index (χ4n) is 3.14. The van der Waals surface area contributed by atoms with Gasteiger partial charge in [-0.1, -0.05) is 12.1 Å². The van der Waals surface area contributed by atoms with Gasteiger partial charge in [0, 0.05) is 19.6 Å². The Labute approximate surface area is 146 Å². The number of nitrogens with zero attached hydrogens (tertiary/aromatic N) is 2. The predicted octanol–water partition coefficient (Wildman–Crippen LogP) is 1.17. The summed E-state index contributed by atoms with van der Waals surface area (Å²) in [6.45, 7) is 2.69. The Hall–Kier alpha value is -1.89. The average Bonchev–Trinajstić information content (AvgIpc) is 3.22. The molecule has 3 rings (SSSR count). The number of thioether (sulfide) groups is 1. The average molecular weight is 349 g/mol. The van der Waals surface area contributed by atoms with Crippen molar-refractivity contribution in [2.75, 3.05) is 49.8 Å². The number of hydrogen-bond donors (Lipinski definition) is 1. The normalized spacial score (nSPS) is 20.5. The van der Waals surface area contributed by atoms with Gasteiger partial charge in [0.1, 0.15) is 12.3 Å². The van der Waals surface area contributed by atoms with Gasteiger partial charge in [0.15, 0.2) is 0 Å². The Morgan fingerprint density at radius 3 is 3.00 bits per heavy atom. The van der Waals surface area contributed by atoms with Gasteiger partial charge in [0.2, 0.25) is 11.8 Å².